The molecule has 0 aliphatic carbocycles. The zero-order chi connectivity index (χ0) is 21.4. The number of nitrogens with zero attached hydrogens (tertiary/aromatic N) is 1. The van der Waals surface area contributed by atoms with Gasteiger partial charge in [0, 0.05) is 12.1 Å². The molecule has 0 amide bonds. The lowest BCUT2D eigenvalue weighted by atomic mass is 10.2. The number of aryl methyl sites for hydroxylation is 1. The molecule has 3 aromatic carbocycles. The lowest BCUT2D eigenvalue weighted by Crippen LogP contribution is -2.37. The Kier molecular flexibility index (Phi) is 5.16. The van der Waals surface area contributed by atoms with Gasteiger partial charge in [-0.1, -0.05) is 24.3 Å². The number of sulfonamides is 2. The molecule has 0 bridgehead atoms. The molecule has 3 aromatic rings. The second-order valence-corrected chi connectivity index (χ2v) is 9.95. The summed E-state index contributed by atoms with van der Waals surface area (Å²) in [7, 11) is -9.41. The van der Waals surface area contributed by atoms with E-state index in [-0.39, 0.29) is 15.1 Å². The maximum atomic E-state index is 13.3. The van der Waals surface area contributed by atoms with Crippen molar-refractivity contribution in [2.24, 2.45) is 0 Å². The maximum absolute atomic E-state index is 13.3. The van der Waals surface area contributed by atoms with Gasteiger partial charge in [-0.2, -0.15) is 3.71 Å². The second-order valence-electron chi connectivity index (χ2n) is 6.14. The van der Waals surface area contributed by atoms with Crippen molar-refractivity contribution in [3.8, 4) is 17.2 Å². The number of para-hydroxylation sites is 1. The number of benzene rings is 3. The molecule has 0 aliphatic rings. The Labute approximate surface area is 168 Å². The Bertz CT molecular complexity index is 1190. The van der Waals surface area contributed by atoms with Crippen LogP contribution >= 0.6 is 0 Å². The van der Waals surface area contributed by atoms with Crippen LogP contribution in [0.2, 0.25) is 0 Å². The highest BCUT2D eigenvalue weighted by molar-refractivity contribution is 8.10. The molecule has 0 radical (unpaired) electrons. The van der Waals surface area contributed by atoms with Crippen LogP contribution in [-0.4, -0.2) is 32.2 Å². The molecule has 0 unspecified atom stereocenters. The molecule has 152 valence electrons. The molecule has 0 fully saturated rings. The van der Waals surface area contributed by atoms with Crippen LogP contribution in [0.3, 0.4) is 0 Å². The first-order valence-electron chi connectivity index (χ1n) is 8.22. The van der Waals surface area contributed by atoms with Gasteiger partial charge in [-0.3, -0.25) is 0 Å². The van der Waals surface area contributed by atoms with Crippen molar-refractivity contribution < 1.29 is 32.2 Å². The van der Waals surface area contributed by atoms with Crippen LogP contribution in [0, 0.1) is 6.92 Å². The maximum Gasteiger partial charge on any atom is 0.277 e. The van der Waals surface area contributed by atoms with E-state index >= 15 is 0 Å². The van der Waals surface area contributed by atoms with E-state index in [1.807, 2.05) is 0 Å². The molecule has 0 saturated heterocycles. The van der Waals surface area contributed by atoms with Crippen LogP contribution in [0.5, 0.6) is 17.2 Å². The topological polar surface area (TPSA) is 132 Å². The molecule has 0 aliphatic heterocycles. The third-order valence-corrected chi connectivity index (χ3v) is 8.30. The average Bonchev–Trinajstić information content (AvgIpc) is 2.66. The molecule has 0 spiro atoms. The molecule has 3 rings (SSSR count). The molecular formula is C19H17NO7S2. The zero-order valence-corrected chi connectivity index (χ0v) is 16.7. The smallest absolute Gasteiger partial charge is 0.277 e. The molecular weight excluding hydrogens is 418 g/mol. The molecule has 3 N–H and O–H groups in total. The van der Waals surface area contributed by atoms with Crippen molar-refractivity contribution in [3.05, 3.63) is 72.3 Å². The van der Waals surface area contributed by atoms with Crippen molar-refractivity contribution in [2.45, 2.75) is 16.7 Å². The van der Waals surface area contributed by atoms with Gasteiger partial charge in [-0.25, -0.2) is 16.8 Å². The summed E-state index contributed by atoms with van der Waals surface area (Å²) >= 11 is 0. The Hall–Kier alpha value is -3.24. The Morgan fingerprint density at radius 2 is 1.17 bits per heavy atom. The summed E-state index contributed by atoms with van der Waals surface area (Å²) in [6.45, 7) is 1.57. The minimum Gasteiger partial charge on any atom is -0.508 e. The first-order valence-corrected chi connectivity index (χ1v) is 11.1. The summed E-state index contributed by atoms with van der Waals surface area (Å²) in [5, 5.41) is 29.1. The fraction of sp³-hybridized carbons (Fsp3) is 0.0526. The average molecular weight is 435 g/mol. The summed E-state index contributed by atoms with van der Waals surface area (Å²) < 4.78 is 53.3. The Morgan fingerprint density at radius 3 is 1.69 bits per heavy atom. The number of aromatic hydroxyl groups is 3. The van der Waals surface area contributed by atoms with Gasteiger partial charge in [0.15, 0.2) is 11.5 Å². The van der Waals surface area contributed by atoms with Gasteiger partial charge in [0.2, 0.25) is 0 Å². The van der Waals surface area contributed by atoms with E-state index in [4.69, 9.17) is 0 Å². The van der Waals surface area contributed by atoms with E-state index < -0.39 is 41.3 Å². The van der Waals surface area contributed by atoms with Crippen molar-refractivity contribution >= 4 is 25.7 Å². The highest BCUT2D eigenvalue weighted by Crippen LogP contribution is 2.35. The molecule has 0 saturated carbocycles. The van der Waals surface area contributed by atoms with E-state index in [9.17, 15) is 32.2 Å². The fourth-order valence-electron chi connectivity index (χ4n) is 2.56. The molecule has 0 heterocycles. The van der Waals surface area contributed by atoms with Gasteiger partial charge in [0.25, 0.3) is 20.0 Å². The van der Waals surface area contributed by atoms with E-state index in [0.717, 1.165) is 24.3 Å². The van der Waals surface area contributed by atoms with Crippen molar-refractivity contribution in [1.29, 1.82) is 0 Å². The van der Waals surface area contributed by atoms with Gasteiger partial charge in [-0.15, -0.1) is 0 Å². The third-order valence-electron chi connectivity index (χ3n) is 4.13. The number of rotatable bonds is 5. The monoisotopic (exact) mass is 435 g/mol. The molecule has 8 nitrogen and oxygen atoms in total. The lowest BCUT2D eigenvalue weighted by Gasteiger charge is -2.24. The molecule has 0 aromatic heterocycles. The fourth-order valence-corrected chi connectivity index (χ4v) is 6.29. The van der Waals surface area contributed by atoms with E-state index in [1.165, 1.54) is 36.4 Å². The predicted octanol–water partition coefficient (Wildman–Crippen LogP) is 2.70. The van der Waals surface area contributed by atoms with Crippen molar-refractivity contribution in [1.82, 2.24) is 0 Å². The Balaban J connectivity index is 2.28. The summed E-state index contributed by atoms with van der Waals surface area (Å²) in [4.78, 5) is -0.979. The minimum atomic E-state index is -4.73. The molecule has 10 heteroatoms. The largest absolute Gasteiger partial charge is 0.508 e. The zero-order valence-electron chi connectivity index (χ0n) is 15.1. The van der Waals surface area contributed by atoms with Crippen LogP contribution in [0.1, 0.15) is 5.56 Å². The molecule has 0 atom stereocenters. The SMILES string of the molecule is Cc1ccc(S(=O)(=O)N(c2ccccc2)S(=O)(=O)c2ccc(O)c(O)c2)cc1O. The minimum absolute atomic E-state index is 0.167. The van der Waals surface area contributed by atoms with E-state index in [2.05, 4.69) is 0 Å². The summed E-state index contributed by atoms with van der Waals surface area (Å²) in [6, 6.07) is 13.3. The quantitative estimate of drug-likeness (QED) is 0.525. The van der Waals surface area contributed by atoms with Gasteiger partial charge in [-0.05, 0) is 42.8 Å². The summed E-state index contributed by atoms with van der Waals surface area (Å²) in [6.07, 6.45) is 0. The third kappa shape index (κ3) is 3.71. The van der Waals surface area contributed by atoms with Gasteiger partial charge in [0.05, 0.1) is 15.5 Å². The van der Waals surface area contributed by atoms with Crippen molar-refractivity contribution in [2.75, 3.05) is 3.71 Å². The van der Waals surface area contributed by atoms with Crippen LogP contribution in [0.25, 0.3) is 0 Å². The van der Waals surface area contributed by atoms with E-state index in [0.29, 0.717) is 5.56 Å². The summed E-state index contributed by atoms with van der Waals surface area (Å²) in [5.41, 5.74) is 0.252. The van der Waals surface area contributed by atoms with Crippen LogP contribution < -0.4 is 3.71 Å². The van der Waals surface area contributed by atoms with Crippen LogP contribution in [0.15, 0.2) is 76.5 Å². The Morgan fingerprint density at radius 1 is 0.655 bits per heavy atom. The van der Waals surface area contributed by atoms with E-state index in [1.54, 1.807) is 13.0 Å². The highest BCUT2D eigenvalue weighted by atomic mass is 32.3. The number of anilines is 1. The van der Waals surface area contributed by atoms with Gasteiger partial charge >= 0.3 is 0 Å². The number of hydrogen-bond donors (Lipinski definition) is 3. The van der Waals surface area contributed by atoms with Crippen LogP contribution in [0.4, 0.5) is 5.69 Å². The van der Waals surface area contributed by atoms with Gasteiger partial charge < -0.3 is 15.3 Å². The second kappa shape index (κ2) is 7.30. The lowest BCUT2D eigenvalue weighted by molar-refractivity contribution is 0.402. The normalized spacial score (nSPS) is 11.9. The van der Waals surface area contributed by atoms with Crippen molar-refractivity contribution in [3.63, 3.8) is 0 Å². The number of phenols is 3. The number of hydrogen-bond acceptors (Lipinski definition) is 7. The highest BCUT2D eigenvalue weighted by Gasteiger charge is 2.37. The predicted molar refractivity (Wildman–Crippen MR) is 106 cm³/mol. The van der Waals surface area contributed by atoms with Crippen LogP contribution in [-0.2, 0) is 20.0 Å². The van der Waals surface area contributed by atoms with Gasteiger partial charge in [0.1, 0.15) is 5.75 Å². The standard InChI is InChI=1S/C19H17NO7S2/c1-13-7-8-15(11-18(13)22)28(24,25)20(14-5-3-2-4-6-14)29(26,27)16-9-10-17(21)19(23)12-16/h2-12,21-23H,1H3. The first-order chi connectivity index (χ1) is 13.5. The first kappa shape index (κ1) is 20.5. The number of phenolic OH excluding ortho intramolecular Hbond substituents is 3. The summed E-state index contributed by atoms with van der Waals surface area (Å²) in [5.74, 6) is -1.58. The molecule has 29 heavy (non-hydrogen) atoms.